The molecule has 17 heavy (non-hydrogen) atoms. The van der Waals surface area contributed by atoms with Crippen molar-refractivity contribution in [1.82, 2.24) is 10.2 Å². The minimum absolute atomic E-state index is 0.746. The Kier molecular flexibility index (Phi) is 4.87. The second-order valence-corrected chi connectivity index (χ2v) is 6.26. The van der Waals surface area contributed by atoms with Crippen LogP contribution < -0.4 is 5.32 Å². The summed E-state index contributed by atoms with van der Waals surface area (Å²) in [6, 6.07) is 2.35. The summed E-state index contributed by atoms with van der Waals surface area (Å²) < 4.78 is 0. The van der Waals surface area contributed by atoms with Gasteiger partial charge in [-0.05, 0) is 38.6 Å². The van der Waals surface area contributed by atoms with Crippen molar-refractivity contribution in [2.24, 2.45) is 5.92 Å². The molecule has 0 amide bonds. The summed E-state index contributed by atoms with van der Waals surface area (Å²) in [5.74, 6) is 0.899. The highest BCUT2D eigenvalue weighted by atomic mass is 15.2. The van der Waals surface area contributed by atoms with E-state index in [-0.39, 0.29) is 0 Å². The van der Waals surface area contributed by atoms with Crippen LogP contribution in [-0.2, 0) is 0 Å². The van der Waals surface area contributed by atoms with E-state index < -0.39 is 0 Å². The summed E-state index contributed by atoms with van der Waals surface area (Å²) in [6.07, 6.45) is 8.49. The number of likely N-dealkylation sites (tertiary alicyclic amines) is 1. The third kappa shape index (κ3) is 3.23. The summed E-state index contributed by atoms with van der Waals surface area (Å²) in [5, 5.41) is 3.75. The van der Waals surface area contributed by atoms with Crippen molar-refractivity contribution >= 4 is 0 Å². The summed E-state index contributed by atoms with van der Waals surface area (Å²) in [5.41, 5.74) is 0. The molecule has 2 fully saturated rings. The zero-order chi connectivity index (χ0) is 12.3. The van der Waals surface area contributed by atoms with Crippen LogP contribution in [0.1, 0.15) is 59.3 Å². The third-order valence-electron chi connectivity index (χ3n) is 4.70. The molecule has 1 saturated heterocycles. The summed E-state index contributed by atoms with van der Waals surface area (Å²) in [4.78, 5) is 2.81. The molecule has 2 aliphatic rings. The maximum Gasteiger partial charge on any atom is 0.0252 e. The van der Waals surface area contributed by atoms with E-state index in [0.717, 1.165) is 30.6 Å². The lowest BCUT2D eigenvalue weighted by Gasteiger charge is -2.36. The van der Waals surface area contributed by atoms with E-state index in [0.29, 0.717) is 0 Å². The van der Waals surface area contributed by atoms with Gasteiger partial charge >= 0.3 is 0 Å². The molecule has 1 aliphatic heterocycles. The normalized spacial score (nSPS) is 40.4. The largest absolute Gasteiger partial charge is 0.313 e. The van der Waals surface area contributed by atoms with Gasteiger partial charge in [0.25, 0.3) is 0 Å². The number of likely N-dealkylation sites (N-methyl/N-ethyl adjacent to an activating group) is 1. The molecule has 0 spiro atoms. The Bertz CT molecular complexity index is 229. The average molecular weight is 238 g/mol. The van der Waals surface area contributed by atoms with Gasteiger partial charge in [-0.3, -0.25) is 4.90 Å². The van der Waals surface area contributed by atoms with E-state index >= 15 is 0 Å². The van der Waals surface area contributed by atoms with Crippen LogP contribution in [-0.4, -0.2) is 36.1 Å². The number of hydrogen-bond acceptors (Lipinski definition) is 2. The van der Waals surface area contributed by atoms with Crippen LogP contribution >= 0.6 is 0 Å². The number of rotatable bonds is 3. The quantitative estimate of drug-likeness (QED) is 0.760. The van der Waals surface area contributed by atoms with E-state index in [9.17, 15) is 0 Å². The van der Waals surface area contributed by atoms with Crippen LogP contribution in [0.2, 0.25) is 0 Å². The molecule has 1 saturated carbocycles. The highest BCUT2D eigenvalue weighted by molar-refractivity contribution is 4.92. The van der Waals surface area contributed by atoms with Crippen LogP contribution in [0.4, 0.5) is 0 Å². The molecule has 2 nitrogen and oxygen atoms in total. The van der Waals surface area contributed by atoms with E-state index in [1.165, 1.54) is 45.1 Å². The fraction of sp³-hybridized carbons (Fsp3) is 1.00. The Labute approximate surface area is 107 Å². The summed E-state index contributed by atoms with van der Waals surface area (Å²) >= 11 is 0. The summed E-state index contributed by atoms with van der Waals surface area (Å²) in [7, 11) is 0. The van der Waals surface area contributed by atoms with Crippen molar-refractivity contribution in [3.8, 4) is 0 Å². The zero-order valence-electron chi connectivity index (χ0n) is 11.9. The van der Waals surface area contributed by atoms with Gasteiger partial charge in [0.2, 0.25) is 0 Å². The third-order valence-corrected chi connectivity index (χ3v) is 4.70. The second-order valence-electron chi connectivity index (χ2n) is 6.26. The maximum atomic E-state index is 3.75. The van der Waals surface area contributed by atoms with Crippen molar-refractivity contribution < 1.29 is 0 Å². The Hall–Kier alpha value is -0.0800. The van der Waals surface area contributed by atoms with Crippen LogP contribution in [0.3, 0.4) is 0 Å². The Morgan fingerprint density at radius 2 is 1.88 bits per heavy atom. The van der Waals surface area contributed by atoms with Crippen molar-refractivity contribution in [2.75, 3.05) is 13.1 Å². The van der Waals surface area contributed by atoms with Gasteiger partial charge in [0, 0.05) is 24.7 Å². The minimum atomic E-state index is 0.746. The van der Waals surface area contributed by atoms with E-state index in [1.54, 1.807) is 0 Å². The van der Waals surface area contributed by atoms with Gasteiger partial charge in [-0.25, -0.2) is 0 Å². The lowest BCUT2D eigenvalue weighted by atomic mass is 10.0. The molecule has 1 aliphatic carbocycles. The molecule has 0 aromatic carbocycles. The zero-order valence-corrected chi connectivity index (χ0v) is 11.9. The maximum absolute atomic E-state index is 3.75. The molecular formula is C15H30N2. The molecule has 0 aromatic rings. The molecule has 1 N–H and O–H groups in total. The minimum Gasteiger partial charge on any atom is -0.313 e. The van der Waals surface area contributed by atoms with Gasteiger partial charge in [0.15, 0.2) is 0 Å². The number of nitrogens with zero attached hydrogens (tertiary/aromatic N) is 1. The highest BCUT2D eigenvalue weighted by Crippen LogP contribution is 2.31. The smallest absolute Gasteiger partial charge is 0.0252 e. The van der Waals surface area contributed by atoms with Gasteiger partial charge in [-0.2, -0.15) is 0 Å². The first kappa shape index (κ1) is 13.4. The molecule has 4 unspecified atom stereocenters. The van der Waals surface area contributed by atoms with Crippen molar-refractivity contribution in [1.29, 1.82) is 0 Å². The van der Waals surface area contributed by atoms with Crippen LogP contribution in [0, 0.1) is 5.92 Å². The molecule has 0 aromatic heterocycles. The highest BCUT2D eigenvalue weighted by Gasteiger charge is 2.35. The molecular weight excluding hydrogens is 208 g/mol. The van der Waals surface area contributed by atoms with E-state index in [2.05, 4.69) is 31.0 Å². The molecule has 4 atom stereocenters. The first-order valence-corrected chi connectivity index (χ1v) is 7.71. The average Bonchev–Trinajstić information content (AvgIpc) is 2.52. The number of nitrogens with one attached hydrogen (secondary N) is 1. The van der Waals surface area contributed by atoms with Gasteiger partial charge in [0.05, 0.1) is 0 Å². The molecule has 2 rings (SSSR count). The Morgan fingerprint density at radius 1 is 1.12 bits per heavy atom. The van der Waals surface area contributed by atoms with Gasteiger partial charge in [-0.15, -0.1) is 0 Å². The SMILES string of the molecule is CCNC1CCCCCC1N1CC(C)CC1C. The van der Waals surface area contributed by atoms with Crippen LogP contribution in [0.5, 0.6) is 0 Å². The first-order valence-electron chi connectivity index (χ1n) is 7.71. The van der Waals surface area contributed by atoms with Crippen molar-refractivity contribution in [3.05, 3.63) is 0 Å². The predicted molar refractivity (Wildman–Crippen MR) is 74.3 cm³/mol. The lowest BCUT2D eigenvalue weighted by molar-refractivity contribution is 0.140. The van der Waals surface area contributed by atoms with Crippen molar-refractivity contribution in [3.63, 3.8) is 0 Å². The van der Waals surface area contributed by atoms with E-state index in [4.69, 9.17) is 0 Å². The van der Waals surface area contributed by atoms with Gasteiger partial charge < -0.3 is 5.32 Å². The fourth-order valence-electron chi connectivity index (χ4n) is 3.98. The van der Waals surface area contributed by atoms with Gasteiger partial charge in [0.1, 0.15) is 0 Å². The standard InChI is InChI=1S/C15H30N2/c1-4-16-14-8-6-5-7-9-15(14)17-11-12(2)10-13(17)3/h12-16H,4-11H2,1-3H3. The fourth-order valence-corrected chi connectivity index (χ4v) is 3.98. The Balaban J connectivity index is 2.03. The van der Waals surface area contributed by atoms with E-state index in [1.807, 2.05) is 0 Å². The second kappa shape index (κ2) is 6.19. The van der Waals surface area contributed by atoms with Crippen LogP contribution in [0.15, 0.2) is 0 Å². The van der Waals surface area contributed by atoms with Crippen LogP contribution in [0.25, 0.3) is 0 Å². The lowest BCUT2D eigenvalue weighted by Crippen LogP contribution is -2.50. The molecule has 0 radical (unpaired) electrons. The molecule has 2 heteroatoms. The topological polar surface area (TPSA) is 15.3 Å². The first-order chi connectivity index (χ1) is 8.22. The molecule has 0 bridgehead atoms. The van der Waals surface area contributed by atoms with Gasteiger partial charge in [-0.1, -0.05) is 33.1 Å². The van der Waals surface area contributed by atoms with Crippen molar-refractivity contribution in [2.45, 2.75) is 77.4 Å². The monoisotopic (exact) mass is 238 g/mol. The predicted octanol–water partition coefficient (Wildman–Crippen LogP) is 3.03. The Morgan fingerprint density at radius 3 is 2.53 bits per heavy atom. The molecule has 1 heterocycles. The summed E-state index contributed by atoms with van der Waals surface area (Å²) in [6.45, 7) is 9.54. The number of hydrogen-bond donors (Lipinski definition) is 1. The molecule has 100 valence electrons.